The van der Waals surface area contributed by atoms with Crippen molar-refractivity contribution in [2.45, 2.75) is 26.3 Å². The standard InChI is InChI=1S/C22H22FN3O2/c1-15(27)18-4-5-19(13-24)21(12-18)26-10-8-17(9-11-26)22(28)25-14-16-2-6-20(23)7-3-16/h2-7,12,17H,8-11,14H2,1H3,(H,25,28). The van der Waals surface area contributed by atoms with E-state index >= 15 is 0 Å². The number of piperidine rings is 1. The highest BCUT2D eigenvalue weighted by Gasteiger charge is 2.26. The molecule has 6 heteroatoms. The van der Waals surface area contributed by atoms with E-state index in [-0.39, 0.29) is 23.4 Å². The summed E-state index contributed by atoms with van der Waals surface area (Å²) in [6.45, 7) is 3.16. The molecule has 144 valence electrons. The van der Waals surface area contributed by atoms with E-state index in [9.17, 15) is 19.2 Å². The second kappa shape index (κ2) is 8.66. The van der Waals surface area contributed by atoms with E-state index in [4.69, 9.17) is 0 Å². The highest BCUT2D eigenvalue weighted by Crippen LogP contribution is 2.27. The van der Waals surface area contributed by atoms with Crippen LogP contribution in [0.25, 0.3) is 0 Å². The van der Waals surface area contributed by atoms with Crippen molar-refractivity contribution in [3.05, 3.63) is 65.0 Å². The number of benzene rings is 2. The fourth-order valence-electron chi connectivity index (χ4n) is 3.43. The number of Topliss-reactive ketones (excluding diaryl/α,β-unsaturated/α-hetero) is 1. The molecule has 1 aliphatic rings. The minimum Gasteiger partial charge on any atom is -0.370 e. The van der Waals surface area contributed by atoms with Crippen molar-refractivity contribution in [1.29, 1.82) is 5.26 Å². The third-order valence-electron chi connectivity index (χ3n) is 5.11. The summed E-state index contributed by atoms with van der Waals surface area (Å²) in [6, 6.07) is 13.3. The molecule has 2 aromatic carbocycles. The van der Waals surface area contributed by atoms with E-state index in [1.165, 1.54) is 19.1 Å². The van der Waals surface area contributed by atoms with Crippen LogP contribution in [0.3, 0.4) is 0 Å². The Balaban J connectivity index is 1.59. The number of halogens is 1. The maximum Gasteiger partial charge on any atom is 0.223 e. The zero-order valence-electron chi connectivity index (χ0n) is 15.7. The Labute approximate surface area is 163 Å². The Morgan fingerprint density at radius 2 is 1.86 bits per heavy atom. The number of nitriles is 1. The van der Waals surface area contributed by atoms with Crippen molar-refractivity contribution in [1.82, 2.24) is 5.32 Å². The Kier molecular flexibility index (Phi) is 6.05. The molecule has 0 aliphatic carbocycles. The lowest BCUT2D eigenvalue weighted by atomic mass is 9.94. The fraction of sp³-hybridized carbons (Fsp3) is 0.318. The molecule has 0 radical (unpaired) electrons. The van der Waals surface area contributed by atoms with Gasteiger partial charge in [0.1, 0.15) is 11.9 Å². The molecule has 5 nitrogen and oxygen atoms in total. The molecule has 0 unspecified atom stereocenters. The number of hydrogen-bond donors (Lipinski definition) is 1. The molecule has 1 heterocycles. The maximum atomic E-state index is 12.9. The van der Waals surface area contributed by atoms with Gasteiger partial charge in [0, 0.05) is 31.1 Å². The topological polar surface area (TPSA) is 73.2 Å². The molecule has 1 aliphatic heterocycles. The molecule has 2 aromatic rings. The lowest BCUT2D eigenvalue weighted by Gasteiger charge is -2.33. The van der Waals surface area contributed by atoms with Gasteiger partial charge in [-0.25, -0.2) is 4.39 Å². The third kappa shape index (κ3) is 4.55. The zero-order chi connectivity index (χ0) is 20.1. The summed E-state index contributed by atoms with van der Waals surface area (Å²) in [5.74, 6) is -0.450. The predicted octanol–water partition coefficient (Wildman–Crippen LogP) is 3.43. The quantitative estimate of drug-likeness (QED) is 0.808. The number of carbonyl (C=O) groups is 2. The number of rotatable bonds is 5. The normalized spacial score (nSPS) is 14.4. The van der Waals surface area contributed by atoms with Crippen molar-refractivity contribution in [2.24, 2.45) is 5.92 Å². The van der Waals surface area contributed by atoms with Gasteiger partial charge in [-0.15, -0.1) is 0 Å². The molecule has 1 amide bonds. The Bertz CT molecular complexity index is 910. The van der Waals surface area contributed by atoms with E-state index in [0.717, 1.165) is 11.3 Å². The largest absolute Gasteiger partial charge is 0.370 e. The first-order valence-electron chi connectivity index (χ1n) is 9.30. The van der Waals surface area contributed by atoms with Gasteiger partial charge < -0.3 is 10.2 Å². The maximum absolute atomic E-state index is 12.9. The Hall–Kier alpha value is -3.20. The third-order valence-corrected chi connectivity index (χ3v) is 5.11. The zero-order valence-corrected chi connectivity index (χ0v) is 15.7. The summed E-state index contributed by atoms with van der Waals surface area (Å²) in [5.41, 5.74) is 2.71. The van der Waals surface area contributed by atoms with E-state index in [1.54, 1.807) is 30.3 Å². The molecule has 0 atom stereocenters. The second-order valence-electron chi connectivity index (χ2n) is 7.01. The highest BCUT2D eigenvalue weighted by atomic mass is 19.1. The summed E-state index contributed by atoms with van der Waals surface area (Å²) in [6.07, 6.45) is 1.34. The SMILES string of the molecule is CC(=O)c1ccc(C#N)c(N2CCC(C(=O)NCc3ccc(F)cc3)CC2)c1. The van der Waals surface area contributed by atoms with Crippen LogP contribution in [-0.4, -0.2) is 24.8 Å². The van der Waals surface area contributed by atoms with Gasteiger partial charge in [0.25, 0.3) is 0 Å². The first-order valence-corrected chi connectivity index (χ1v) is 9.30. The lowest BCUT2D eigenvalue weighted by Crippen LogP contribution is -2.40. The Morgan fingerprint density at radius 1 is 1.18 bits per heavy atom. The first-order chi connectivity index (χ1) is 13.5. The van der Waals surface area contributed by atoms with E-state index < -0.39 is 0 Å². The van der Waals surface area contributed by atoms with Crippen LogP contribution in [0.4, 0.5) is 10.1 Å². The van der Waals surface area contributed by atoms with Gasteiger partial charge in [-0.1, -0.05) is 12.1 Å². The van der Waals surface area contributed by atoms with Crippen molar-refractivity contribution < 1.29 is 14.0 Å². The number of anilines is 1. The van der Waals surface area contributed by atoms with Crippen LogP contribution in [0.2, 0.25) is 0 Å². The predicted molar refractivity (Wildman–Crippen MR) is 104 cm³/mol. The summed E-state index contributed by atoms with van der Waals surface area (Å²) in [5, 5.41) is 12.3. The smallest absolute Gasteiger partial charge is 0.223 e. The van der Waals surface area contributed by atoms with Crippen LogP contribution in [-0.2, 0) is 11.3 Å². The summed E-state index contributed by atoms with van der Waals surface area (Å²) in [4.78, 5) is 26.2. The van der Waals surface area contributed by atoms with Crippen molar-refractivity contribution >= 4 is 17.4 Å². The number of nitrogens with one attached hydrogen (secondary N) is 1. The van der Waals surface area contributed by atoms with Crippen molar-refractivity contribution in [3.63, 3.8) is 0 Å². The van der Waals surface area contributed by atoms with Crippen LogP contribution in [0.5, 0.6) is 0 Å². The molecular weight excluding hydrogens is 357 g/mol. The number of carbonyl (C=O) groups excluding carboxylic acids is 2. The summed E-state index contributed by atoms with van der Waals surface area (Å²) in [7, 11) is 0. The number of ketones is 1. The molecule has 0 saturated carbocycles. The van der Waals surface area contributed by atoms with Crippen LogP contribution in [0.1, 0.15) is 41.3 Å². The molecule has 0 aromatic heterocycles. The number of hydrogen-bond acceptors (Lipinski definition) is 4. The lowest BCUT2D eigenvalue weighted by molar-refractivity contribution is -0.125. The molecule has 0 bridgehead atoms. The van der Waals surface area contributed by atoms with Gasteiger partial charge in [-0.2, -0.15) is 5.26 Å². The van der Waals surface area contributed by atoms with Crippen LogP contribution in [0, 0.1) is 23.1 Å². The molecule has 1 N–H and O–H groups in total. The van der Waals surface area contributed by atoms with Crippen molar-refractivity contribution in [2.75, 3.05) is 18.0 Å². The average molecular weight is 379 g/mol. The molecule has 3 rings (SSSR count). The van der Waals surface area contributed by atoms with Gasteiger partial charge in [0.05, 0.1) is 11.3 Å². The minimum absolute atomic E-state index is 0.0121. The van der Waals surface area contributed by atoms with E-state index in [1.807, 2.05) is 0 Å². The Morgan fingerprint density at radius 3 is 2.46 bits per heavy atom. The molecule has 28 heavy (non-hydrogen) atoms. The first kappa shape index (κ1) is 19.6. The number of nitrogens with zero attached hydrogens (tertiary/aromatic N) is 2. The molecule has 1 fully saturated rings. The van der Waals surface area contributed by atoms with Gasteiger partial charge >= 0.3 is 0 Å². The second-order valence-corrected chi connectivity index (χ2v) is 7.01. The van der Waals surface area contributed by atoms with E-state index in [2.05, 4.69) is 16.3 Å². The van der Waals surface area contributed by atoms with Crippen molar-refractivity contribution in [3.8, 4) is 6.07 Å². The minimum atomic E-state index is -0.298. The molecule has 0 spiro atoms. The van der Waals surface area contributed by atoms with E-state index in [0.29, 0.717) is 43.6 Å². The fourth-order valence-corrected chi connectivity index (χ4v) is 3.43. The summed E-state index contributed by atoms with van der Waals surface area (Å²) < 4.78 is 12.9. The highest BCUT2D eigenvalue weighted by molar-refractivity contribution is 5.95. The summed E-state index contributed by atoms with van der Waals surface area (Å²) >= 11 is 0. The molecule has 1 saturated heterocycles. The van der Waals surface area contributed by atoms with Gasteiger partial charge in [0.2, 0.25) is 5.91 Å². The van der Waals surface area contributed by atoms with Gasteiger partial charge in [-0.3, -0.25) is 9.59 Å². The van der Waals surface area contributed by atoms with Gasteiger partial charge in [-0.05, 0) is 55.7 Å². The average Bonchev–Trinajstić information content (AvgIpc) is 2.72. The molecular formula is C22H22FN3O2. The number of amides is 1. The van der Waals surface area contributed by atoms with Crippen LogP contribution >= 0.6 is 0 Å². The van der Waals surface area contributed by atoms with Crippen LogP contribution < -0.4 is 10.2 Å². The monoisotopic (exact) mass is 379 g/mol. The van der Waals surface area contributed by atoms with Crippen LogP contribution in [0.15, 0.2) is 42.5 Å². The van der Waals surface area contributed by atoms with Gasteiger partial charge in [0.15, 0.2) is 5.78 Å².